The van der Waals surface area contributed by atoms with Crippen LogP contribution in [0.3, 0.4) is 0 Å². The predicted molar refractivity (Wildman–Crippen MR) is 84.4 cm³/mol. The molecule has 0 aliphatic carbocycles. The van der Waals surface area contributed by atoms with Crippen molar-refractivity contribution in [2.75, 3.05) is 39.9 Å². The molecule has 5 nitrogen and oxygen atoms in total. The molecular weight excluding hydrogens is 268 g/mol. The quantitative estimate of drug-likeness (QED) is 0.658. The lowest BCUT2D eigenvalue weighted by Crippen LogP contribution is -2.49. The summed E-state index contributed by atoms with van der Waals surface area (Å²) in [6.07, 6.45) is 4.52. The number of esters is 1. The summed E-state index contributed by atoms with van der Waals surface area (Å²) < 4.78 is 10.9. The average molecular weight is 300 g/mol. The number of nitrogens with one attached hydrogen (secondary N) is 1. The van der Waals surface area contributed by atoms with Crippen LogP contribution in [0, 0.1) is 0 Å². The number of hydrogen-bond acceptors (Lipinski definition) is 5. The molecule has 0 aromatic rings. The second kappa shape index (κ2) is 9.38. The molecule has 0 aromatic heterocycles. The molecule has 2 atom stereocenters. The lowest BCUT2D eigenvalue weighted by molar-refractivity contribution is -0.150. The van der Waals surface area contributed by atoms with Gasteiger partial charge in [-0.1, -0.05) is 0 Å². The fraction of sp³-hybridized carbons (Fsp3) is 0.938. The average Bonchev–Trinajstić information content (AvgIpc) is 2.48. The van der Waals surface area contributed by atoms with E-state index in [0.717, 1.165) is 39.1 Å². The summed E-state index contributed by atoms with van der Waals surface area (Å²) in [5, 5.41) is 3.11. The van der Waals surface area contributed by atoms with Crippen molar-refractivity contribution in [1.29, 1.82) is 0 Å². The van der Waals surface area contributed by atoms with Gasteiger partial charge in [-0.05, 0) is 66.6 Å². The van der Waals surface area contributed by atoms with E-state index in [-0.39, 0.29) is 5.97 Å². The Morgan fingerprint density at radius 3 is 2.76 bits per heavy atom. The Morgan fingerprint density at radius 1 is 1.38 bits per heavy atom. The van der Waals surface area contributed by atoms with Gasteiger partial charge < -0.3 is 19.7 Å². The van der Waals surface area contributed by atoms with Gasteiger partial charge in [0.1, 0.15) is 5.54 Å². The Labute approximate surface area is 129 Å². The number of piperidine rings is 1. The van der Waals surface area contributed by atoms with E-state index in [1.54, 1.807) is 0 Å². The highest BCUT2D eigenvalue weighted by atomic mass is 16.5. The lowest BCUT2D eigenvalue weighted by atomic mass is 9.95. The van der Waals surface area contributed by atoms with Crippen molar-refractivity contribution < 1.29 is 14.3 Å². The largest absolute Gasteiger partial charge is 0.465 e. The maximum absolute atomic E-state index is 12.0. The van der Waals surface area contributed by atoms with E-state index in [1.165, 1.54) is 12.8 Å². The third-order valence-corrected chi connectivity index (χ3v) is 4.29. The van der Waals surface area contributed by atoms with Crippen molar-refractivity contribution in [3.8, 4) is 0 Å². The third-order valence-electron chi connectivity index (χ3n) is 4.29. The zero-order valence-corrected chi connectivity index (χ0v) is 14.1. The molecule has 2 unspecified atom stereocenters. The van der Waals surface area contributed by atoms with Gasteiger partial charge in [0.15, 0.2) is 0 Å². The molecule has 0 spiro atoms. The molecule has 0 aromatic carbocycles. The van der Waals surface area contributed by atoms with Crippen LogP contribution in [0.5, 0.6) is 0 Å². The molecule has 1 heterocycles. The van der Waals surface area contributed by atoms with E-state index in [2.05, 4.69) is 17.1 Å². The van der Waals surface area contributed by atoms with Gasteiger partial charge in [-0.25, -0.2) is 0 Å². The molecule has 1 aliphatic heterocycles. The summed E-state index contributed by atoms with van der Waals surface area (Å²) in [4.78, 5) is 14.4. The minimum Gasteiger partial charge on any atom is -0.465 e. The summed E-state index contributed by atoms with van der Waals surface area (Å²) >= 11 is 0. The number of rotatable bonds is 9. The number of carbonyl (C=O) groups is 1. The van der Waals surface area contributed by atoms with Crippen LogP contribution in [0.25, 0.3) is 0 Å². The van der Waals surface area contributed by atoms with Crippen LogP contribution in [0.2, 0.25) is 0 Å². The summed E-state index contributed by atoms with van der Waals surface area (Å²) in [6.45, 7) is 10.2. The Kier molecular flexibility index (Phi) is 8.22. The zero-order valence-electron chi connectivity index (χ0n) is 14.1. The monoisotopic (exact) mass is 300 g/mol. The molecular formula is C16H32N2O3. The van der Waals surface area contributed by atoms with E-state index in [4.69, 9.17) is 9.47 Å². The molecule has 124 valence electrons. The van der Waals surface area contributed by atoms with Gasteiger partial charge >= 0.3 is 5.97 Å². The molecule has 1 N–H and O–H groups in total. The smallest absolute Gasteiger partial charge is 0.326 e. The molecule has 1 saturated heterocycles. The number of hydrogen-bond donors (Lipinski definition) is 1. The van der Waals surface area contributed by atoms with Crippen LogP contribution in [0.15, 0.2) is 0 Å². The molecule has 0 saturated carbocycles. The fourth-order valence-electron chi connectivity index (χ4n) is 2.86. The minimum absolute atomic E-state index is 0.154. The molecule has 0 radical (unpaired) electrons. The SMILES string of the molecule is CCOC(=O)C(C)(CCCN1CCCC(OCC)C1)NC. The van der Waals surface area contributed by atoms with Gasteiger partial charge in [0.05, 0.1) is 12.7 Å². The highest BCUT2D eigenvalue weighted by Gasteiger charge is 2.32. The third kappa shape index (κ3) is 5.93. The highest BCUT2D eigenvalue weighted by molar-refractivity contribution is 5.80. The van der Waals surface area contributed by atoms with Gasteiger partial charge in [-0.3, -0.25) is 4.79 Å². The molecule has 5 heteroatoms. The maximum Gasteiger partial charge on any atom is 0.326 e. The molecule has 1 fully saturated rings. The van der Waals surface area contributed by atoms with Gasteiger partial charge in [-0.15, -0.1) is 0 Å². The predicted octanol–water partition coefficient (Wildman–Crippen LogP) is 1.81. The Balaban J connectivity index is 2.35. The van der Waals surface area contributed by atoms with E-state index >= 15 is 0 Å². The van der Waals surface area contributed by atoms with Crippen LogP contribution < -0.4 is 5.32 Å². The van der Waals surface area contributed by atoms with Crippen LogP contribution in [0.1, 0.15) is 46.5 Å². The number of carbonyl (C=O) groups excluding carboxylic acids is 1. The van der Waals surface area contributed by atoms with Crippen molar-refractivity contribution in [2.45, 2.75) is 58.1 Å². The van der Waals surface area contributed by atoms with Crippen LogP contribution >= 0.6 is 0 Å². The first kappa shape index (κ1) is 18.4. The van der Waals surface area contributed by atoms with E-state index in [1.807, 2.05) is 20.9 Å². The fourth-order valence-corrected chi connectivity index (χ4v) is 2.86. The van der Waals surface area contributed by atoms with Crippen molar-refractivity contribution in [3.63, 3.8) is 0 Å². The van der Waals surface area contributed by atoms with Crippen molar-refractivity contribution in [3.05, 3.63) is 0 Å². The Morgan fingerprint density at radius 2 is 2.14 bits per heavy atom. The van der Waals surface area contributed by atoms with E-state index in [9.17, 15) is 4.79 Å². The second-order valence-electron chi connectivity index (χ2n) is 5.93. The zero-order chi connectivity index (χ0) is 15.7. The van der Waals surface area contributed by atoms with Crippen molar-refractivity contribution in [1.82, 2.24) is 10.2 Å². The first-order valence-electron chi connectivity index (χ1n) is 8.25. The van der Waals surface area contributed by atoms with Gasteiger partial charge in [0, 0.05) is 13.2 Å². The number of likely N-dealkylation sites (N-methyl/N-ethyl adjacent to an activating group) is 1. The van der Waals surface area contributed by atoms with Gasteiger partial charge in [0.2, 0.25) is 0 Å². The topological polar surface area (TPSA) is 50.8 Å². The molecule has 1 aliphatic rings. The van der Waals surface area contributed by atoms with Crippen LogP contribution in [-0.4, -0.2) is 62.4 Å². The summed E-state index contributed by atoms with van der Waals surface area (Å²) in [6, 6.07) is 0. The van der Waals surface area contributed by atoms with Crippen molar-refractivity contribution >= 4 is 5.97 Å². The number of likely N-dealkylation sites (tertiary alicyclic amines) is 1. The summed E-state index contributed by atoms with van der Waals surface area (Å²) in [5.74, 6) is -0.154. The Hall–Kier alpha value is -0.650. The first-order chi connectivity index (χ1) is 10.1. The first-order valence-corrected chi connectivity index (χ1v) is 8.25. The summed E-state index contributed by atoms with van der Waals surface area (Å²) in [5.41, 5.74) is -0.578. The van der Waals surface area contributed by atoms with Crippen LogP contribution in [0.4, 0.5) is 0 Å². The molecule has 0 amide bonds. The Bertz CT molecular complexity index is 310. The van der Waals surface area contributed by atoms with E-state index < -0.39 is 5.54 Å². The van der Waals surface area contributed by atoms with E-state index in [0.29, 0.717) is 12.7 Å². The highest BCUT2D eigenvalue weighted by Crippen LogP contribution is 2.17. The minimum atomic E-state index is -0.578. The maximum atomic E-state index is 12.0. The number of ether oxygens (including phenoxy) is 2. The standard InChI is InChI=1S/C16H32N2O3/c1-5-20-14-9-7-11-18(13-14)12-8-10-16(3,17-4)15(19)21-6-2/h14,17H,5-13H2,1-4H3. The van der Waals surface area contributed by atoms with Gasteiger partial charge in [0.25, 0.3) is 0 Å². The van der Waals surface area contributed by atoms with Gasteiger partial charge in [-0.2, -0.15) is 0 Å². The summed E-state index contributed by atoms with van der Waals surface area (Å²) in [7, 11) is 1.82. The normalized spacial score (nSPS) is 22.8. The number of nitrogens with zero attached hydrogens (tertiary/aromatic N) is 1. The molecule has 1 rings (SSSR count). The lowest BCUT2D eigenvalue weighted by Gasteiger charge is -2.33. The molecule has 21 heavy (non-hydrogen) atoms. The van der Waals surface area contributed by atoms with Crippen LogP contribution in [-0.2, 0) is 14.3 Å². The second-order valence-corrected chi connectivity index (χ2v) is 5.93. The van der Waals surface area contributed by atoms with Crippen molar-refractivity contribution in [2.24, 2.45) is 0 Å². The molecule has 0 bridgehead atoms.